The van der Waals surface area contributed by atoms with E-state index in [4.69, 9.17) is 4.74 Å². The quantitative estimate of drug-likeness (QED) is 0.540. The minimum Gasteiger partial charge on any atom is -0.444 e. The Hall–Kier alpha value is -3.35. The number of rotatable bonds is 7. The smallest absolute Gasteiger partial charge is 0.331 e. The van der Waals surface area contributed by atoms with Gasteiger partial charge in [-0.25, -0.2) is 9.59 Å². The molecule has 2 N–H and O–H groups in total. The first-order chi connectivity index (χ1) is 14.4. The van der Waals surface area contributed by atoms with Crippen molar-refractivity contribution in [2.75, 3.05) is 6.54 Å². The molecule has 2 aromatic rings. The molecule has 0 spiro atoms. The monoisotopic (exact) mass is 409 g/mol. The van der Waals surface area contributed by atoms with Crippen molar-refractivity contribution in [1.29, 1.82) is 0 Å². The lowest BCUT2D eigenvalue weighted by molar-refractivity contribution is -0.151. The highest BCUT2D eigenvalue weighted by molar-refractivity contribution is 5.98. The van der Waals surface area contributed by atoms with Gasteiger partial charge in [0.25, 0.3) is 5.91 Å². The molecular weight excluding hydrogens is 382 g/mol. The summed E-state index contributed by atoms with van der Waals surface area (Å²) in [5.41, 5.74) is 3.69. The van der Waals surface area contributed by atoms with Gasteiger partial charge in [-0.1, -0.05) is 30.3 Å². The van der Waals surface area contributed by atoms with E-state index in [1.165, 1.54) is 18.9 Å². The first-order valence-electron chi connectivity index (χ1n) is 10.1. The Balaban J connectivity index is 1.73. The molecule has 1 heterocycles. The van der Waals surface area contributed by atoms with Gasteiger partial charge in [-0.2, -0.15) is 0 Å². The van der Waals surface area contributed by atoms with Gasteiger partial charge < -0.3 is 14.6 Å². The van der Waals surface area contributed by atoms with Gasteiger partial charge in [-0.05, 0) is 51.3 Å². The first kappa shape index (κ1) is 21.4. The molecule has 7 nitrogen and oxygen atoms in total. The van der Waals surface area contributed by atoms with Gasteiger partial charge >= 0.3 is 12.0 Å². The molecule has 1 aliphatic rings. The van der Waals surface area contributed by atoms with Gasteiger partial charge in [0.2, 0.25) is 6.10 Å². The molecule has 1 saturated carbocycles. The molecule has 0 aliphatic heterocycles. The Bertz CT molecular complexity index is 958. The summed E-state index contributed by atoms with van der Waals surface area (Å²) in [7, 11) is 0. The average molecular weight is 409 g/mol. The molecule has 30 heavy (non-hydrogen) atoms. The zero-order valence-electron chi connectivity index (χ0n) is 17.5. The summed E-state index contributed by atoms with van der Waals surface area (Å²) in [6.07, 6.45) is 4.15. The van der Waals surface area contributed by atoms with Crippen LogP contribution in [0.25, 0.3) is 6.08 Å². The predicted molar refractivity (Wildman–Crippen MR) is 114 cm³/mol. The Labute approximate surface area is 176 Å². The molecule has 7 heteroatoms. The summed E-state index contributed by atoms with van der Waals surface area (Å²) < 4.78 is 7.70. The van der Waals surface area contributed by atoms with Crippen LogP contribution >= 0.6 is 0 Å². The van der Waals surface area contributed by atoms with Crippen LogP contribution in [0, 0.1) is 13.8 Å². The molecule has 1 fully saturated rings. The molecule has 1 aliphatic carbocycles. The molecule has 3 rings (SSSR count). The molecule has 0 radical (unpaired) electrons. The maximum atomic E-state index is 12.5. The maximum Gasteiger partial charge on any atom is 0.331 e. The highest BCUT2D eigenvalue weighted by Crippen LogP contribution is 2.38. The van der Waals surface area contributed by atoms with Crippen molar-refractivity contribution in [3.05, 3.63) is 65.0 Å². The second kappa shape index (κ2) is 9.43. The summed E-state index contributed by atoms with van der Waals surface area (Å²) in [4.78, 5) is 36.7. The predicted octanol–water partition coefficient (Wildman–Crippen LogP) is 3.58. The molecule has 3 amide bonds. The van der Waals surface area contributed by atoms with E-state index < -0.39 is 24.0 Å². The van der Waals surface area contributed by atoms with E-state index in [2.05, 4.69) is 22.1 Å². The van der Waals surface area contributed by atoms with Crippen molar-refractivity contribution < 1.29 is 19.1 Å². The van der Waals surface area contributed by atoms with Crippen molar-refractivity contribution >= 4 is 24.0 Å². The number of aromatic nitrogens is 1. The van der Waals surface area contributed by atoms with Crippen LogP contribution in [-0.2, 0) is 14.3 Å². The Kier molecular flexibility index (Phi) is 6.72. The second-order valence-electron chi connectivity index (χ2n) is 7.34. The highest BCUT2D eigenvalue weighted by atomic mass is 16.5. The maximum absolute atomic E-state index is 12.5. The molecule has 1 aromatic carbocycles. The van der Waals surface area contributed by atoms with Gasteiger partial charge in [-0.15, -0.1) is 0 Å². The van der Waals surface area contributed by atoms with Gasteiger partial charge in [0.05, 0.1) is 0 Å². The fourth-order valence-corrected chi connectivity index (χ4v) is 3.46. The van der Waals surface area contributed by atoms with E-state index in [-0.39, 0.29) is 0 Å². The fraction of sp³-hybridized carbons (Fsp3) is 0.348. The Morgan fingerprint density at radius 3 is 2.53 bits per heavy atom. The SMILES string of the molecule is CCNC(=O)NC(=O)[C@@H](OC(=O)/C=C/c1cc(C)n(C2CC2)c1C)c1ccccc1. The van der Waals surface area contributed by atoms with Crippen molar-refractivity contribution in [3.63, 3.8) is 0 Å². The lowest BCUT2D eigenvalue weighted by Crippen LogP contribution is -2.42. The zero-order chi connectivity index (χ0) is 21.7. The third kappa shape index (κ3) is 5.17. The van der Waals surface area contributed by atoms with E-state index in [0.717, 1.165) is 17.0 Å². The Morgan fingerprint density at radius 2 is 1.90 bits per heavy atom. The largest absolute Gasteiger partial charge is 0.444 e. The van der Waals surface area contributed by atoms with Crippen LogP contribution in [0.3, 0.4) is 0 Å². The number of hydrogen-bond acceptors (Lipinski definition) is 4. The number of carbonyl (C=O) groups is 3. The summed E-state index contributed by atoms with van der Waals surface area (Å²) in [5.74, 6) is -1.37. The Morgan fingerprint density at radius 1 is 1.20 bits per heavy atom. The molecular formula is C23H27N3O4. The summed E-state index contributed by atoms with van der Waals surface area (Å²) in [6, 6.07) is 10.6. The number of urea groups is 1. The number of ether oxygens (including phenoxy) is 1. The number of nitrogens with one attached hydrogen (secondary N) is 2. The van der Waals surface area contributed by atoms with Crippen LogP contribution in [0.1, 0.15) is 54.4 Å². The third-order valence-electron chi connectivity index (χ3n) is 4.98. The highest BCUT2D eigenvalue weighted by Gasteiger charge is 2.27. The lowest BCUT2D eigenvalue weighted by Gasteiger charge is -2.16. The second-order valence-corrected chi connectivity index (χ2v) is 7.34. The first-order valence-corrected chi connectivity index (χ1v) is 10.1. The minimum atomic E-state index is -1.23. The van der Waals surface area contributed by atoms with Crippen molar-refractivity contribution in [1.82, 2.24) is 15.2 Å². The van der Waals surface area contributed by atoms with Gasteiger partial charge in [-0.3, -0.25) is 10.1 Å². The zero-order valence-corrected chi connectivity index (χ0v) is 17.5. The van der Waals surface area contributed by atoms with Crippen molar-refractivity contribution in [3.8, 4) is 0 Å². The van der Waals surface area contributed by atoms with Crippen LogP contribution in [0.5, 0.6) is 0 Å². The van der Waals surface area contributed by atoms with E-state index >= 15 is 0 Å². The topological polar surface area (TPSA) is 89.4 Å². The molecule has 0 bridgehead atoms. The van der Waals surface area contributed by atoms with Crippen LogP contribution in [0.4, 0.5) is 4.79 Å². The standard InChI is InChI=1S/C23H27N3O4/c1-4-24-23(29)25-22(28)21(17-8-6-5-7-9-17)30-20(27)13-10-18-14-15(2)26(16(18)3)19-11-12-19/h5-10,13-14,19,21H,4,11-12H2,1-3H3,(H2,24,25,28,29)/b13-10+/t21-/m0/s1. The summed E-state index contributed by atoms with van der Waals surface area (Å²) in [5, 5.41) is 4.69. The third-order valence-corrected chi connectivity index (χ3v) is 4.98. The number of nitrogens with zero attached hydrogens (tertiary/aromatic N) is 1. The number of carbonyl (C=O) groups excluding carboxylic acids is 3. The molecule has 0 saturated heterocycles. The van der Waals surface area contributed by atoms with Gasteiger partial charge in [0.1, 0.15) is 0 Å². The normalized spacial score (nSPS) is 14.4. The van der Waals surface area contributed by atoms with E-state index in [0.29, 0.717) is 18.2 Å². The molecule has 1 aromatic heterocycles. The van der Waals surface area contributed by atoms with Crippen LogP contribution < -0.4 is 10.6 Å². The van der Waals surface area contributed by atoms with Gasteiger partial charge in [0, 0.05) is 35.6 Å². The minimum absolute atomic E-state index is 0.372. The summed E-state index contributed by atoms with van der Waals surface area (Å²) in [6.45, 7) is 6.20. The fourth-order valence-electron chi connectivity index (χ4n) is 3.46. The average Bonchev–Trinajstić information content (AvgIpc) is 3.50. The molecule has 1 atom stereocenters. The number of aryl methyl sites for hydroxylation is 1. The number of amides is 3. The number of benzene rings is 1. The van der Waals surface area contributed by atoms with Crippen molar-refractivity contribution in [2.24, 2.45) is 0 Å². The van der Waals surface area contributed by atoms with E-state index in [9.17, 15) is 14.4 Å². The number of imide groups is 1. The van der Waals surface area contributed by atoms with Crippen LogP contribution in [0.15, 0.2) is 42.5 Å². The number of hydrogen-bond donors (Lipinski definition) is 2. The van der Waals surface area contributed by atoms with Crippen LogP contribution in [0.2, 0.25) is 0 Å². The van der Waals surface area contributed by atoms with Crippen molar-refractivity contribution in [2.45, 2.75) is 45.8 Å². The van der Waals surface area contributed by atoms with E-state index in [1.807, 2.05) is 13.0 Å². The molecule has 158 valence electrons. The van der Waals surface area contributed by atoms with Crippen LogP contribution in [-0.4, -0.2) is 29.0 Å². The molecule has 0 unspecified atom stereocenters. The van der Waals surface area contributed by atoms with E-state index in [1.54, 1.807) is 43.3 Å². The lowest BCUT2D eigenvalue weighted by atomic mass is 10.1. The summed E-state index contributed by atoms with van der Waals surface area (Å²) >= 11 is 0. The van der Waals surface area contributed by atoms with Gasteiger partial charge in [0.15, 0.2) is 0 Å². The number of esters is 1.